The topological polar surface area (TPSA) is 87.6 Å². The number of nitriles is 1. The smallest absolute Gasteiger partial charge is 0.233 e. The average Bonchev–Trinajstić information content (AvgIpc) is 3.22. The van der Waals surface area contributed by atoms with Gasteiger partial charge in [0.05, 0.1) is 21.7 Å². The van der Waals surface area contributed by atoms with E-state index < -0.39 is 11.9 Å². The van der Waals surface area contributed by atoms with Gasteiger partial charge in [-0.1, -0.05) is 49.6 Å². The molecule has 1 aliphatic carbocycles. The van der Waals surface area contributed by atoms with Crippen molar-refractivity contribution in [2.45, 2.75) is 45.3 Å². The molecule has 0 aliphatic heterocycles. The van der Waals surface area contributed by atoms with Gasteiger partial charge in [-0.25, -0.2) is 14.4 Å². The van der Waals surface area contributed by atoms with Gasteiger partial charge in [-0.05, 0) is 42.9 Å². The Hall–Kier alpha value is -3.34. The fourth-order valence-electron chi connectivity index (χ4n) is 5.03. The predicted octanol–water partition coefficient (Wildman–Crippen LogP) is 6.07. The third kappa shape index (κ3) is 4.64. The Balaban J connectivity index is 1.73. The van der Waals surface area contributed by atoms with E-state index in [1.165, 1.54) is 12.3 Å². The maximum atomic E-state index is 14.7. The van der Waals surface area contributed by atoms with Crippen LogP contribution in [0.5, 0.6) is 0 Å². The average molecular weight is 490 g/mol. The number of aliphatic hydroxyl groups excluding tert-OH is 1. The van der Waals surface area contributed by atoms with E-state index in [9.17, 15) is 14.8 Å². The number of benzene rings is 1. The largest absolute Gasteiger partial charge is 0.382 e. The van der Waals surface area contributed by atoms with Crippen molar-refractivity contribution < 1.29 is 9.50 Å². The van der Waals surface area contributed by atoms with Crippen molar-refractivity contribution in [3.05, 3.63) is 76.7 Å². The molecular formula is C27H25ClFN5O. The van der Waals surface area contributed by atoms with Gasteiger partial charge in [-0.15, -0.1) is 0 Å². The summed E-state index contributed by atoms with van der Waals surface area (Å²) < 4.78 is 16.7. The summed E-state index contributed by atoms with van der Waals surface area (Å²) in [6.07, 6.45) is 6.40. The molecule has 0 bridgehead atoms. The van der Waals surface area contributed by atoms with Crippen molar-refractivity contribution in [3.8, 4) is 17.3 Å². The second kappa shape index (κ2) is 9.73. The van der Waals surface area contributed by atoms with Gasteiger partial charge < -0.3 is 9.67 Å². The molecule has 1 fully saturated rings. The summed E-state index contributed by atoms with van der Waals surface area (Å²) in [4.78, 5) is 13.1. The molecule has 4 aromatic rings. The van der Waals surface area contributed by atoms with Gasteiger partial charge in [-0.2, -0.15) is 5.26 Å². The van der Waals surface area contributed by atoms with Crippen molar-refractivity contribution >= 4 is 22.6 Å². The molecule has 1 saturated carbocycles. The predicted molar refractivity (Wildman–Crippen MR) is 132 cm³/mol. The summed E-state index contributed by atoms with van der Waals surface area (Å²) in [6.45, 7) is 2.91. The van der Waals surface area contributed by atoms with Crippen LogP contribution in [0.3, 0.4) is 0 Å². The molecule has 0 radical (unpaired) electrons. The molecule has 0 spiro atoms. The minimum Gasteiger partial charge on any atom is -0.382 e. The third-order valence-electron chi connectivity index (χ3n) is 6.91. The standard InChI is InChI=1S/C27H25ClFN5O/c1-16-6-8-17(9-7-16)15-34-23(27(35)20-4-2-3-5-21(20)29)11-22-26(34)25(33-24(12-30)32-22)18-10-19(28)14-31-13-18/h2-5,10-11,13-14,16-17,27,35H,6-9,15H2,1H3/t16-,17-,27?. The van der Waals surface area contributed by atoms with E-state index in [1.807, 2.05) is 10.6 Å². The lowest BCUT2D eigenvalue weighted by Crippen LogP contribution is -2.20. The third-order valence-corrected chi connectivity index (χ3v) is 7.12. The van der Waals surface area contributed by atoms with Crippen LogP contribution in [0, 0.1) is 29.0 Å². The van der Waals surface area contributed by atoms with E-state index in [0.717, 1.165) is 25.7 Å². The van der Waals surface area contributed by atoms with Crippen LogP contribution in [-0.2, 0) is 6.54 Å². The molecule has 1 unspecified atom stereocenters. The molecule has 1 aromatic carbocycles. The number of halogens is 2. The normalized spacial score (nSPS) is 18.9. The highest BCUT2D eigenvalue weighted by molar-refractivity contribution is 6.30. The lowest BCUT2D eigenvalue weighted by atomic mass is 9.83. The molecule has 0 amide bonds. The van der Waals surface area contributed by atoms with Gasteiger partial charge in [0.2, 0.25) is 5.82 Å². The van der Waals surface area contributed by atoms with Crippen LogP contribution in [0.15, 0.2) is 48.8 Å². The van der Waals surface area contributed by atoms with Crippen LogP contribution in [0.1, 0.15) is 55.8 Å². The SMILES string of the molecule is C[C@H]1CC[C@H](Cn2c(C(O)c3ccccc3F)cc3nc(C#N)nc(-c4cncc(Cl)c4)c32)CC1. The molecule has 3 heterocycles. The first-order valence-electron chi connectivity index (χ1n) is 11.8. The van der Waals surface area contributed by atoms with E-state index in [-0.39, 0.29) is 11.4 Å². The van der Waals surface area contributed by atoms with Gasteiger partial charge in [0, 0.05) is 30.1 Å². The zero-order valence-corrected chi connectivity index (χ0v) is 20.1. The maximum absolute atomic E-state index is 14.7. The lowest BCUT2D eigenvalue weighted by molar-refractivity contribution is 0.198. The number of fused-ring (bicyclic) bond motifs is 1. The summed E-state index contributed by atoms with van der Waals surface area (Å²) in [7, 11) is 0. The molecule has 3 aromatic heterocycles. The Morgan fingerprint density at radius 1 is 1.17 bits per heavy atom. The van der Waals surface area contributed by atoms with Crippen molar-refractivity contribution in [1.82, 2.24) is 19.5 Å². The Labute approximate surface area is 208 Å². The highest BCUT2D eigenvalue weighted by Gasteiger charge is 2.27. The first-order chi connectivity index (χ1) is 16.9. The molecular weight excluding hydrogens is 465 g/mol. The van der Waals surface area contributed by atoms with Crippen LogP contribution in [-0.4, -0.2) is 24.6 Å². The molecule has 8 heteroatoms. The number of rotatable bonds is 5. The van der Waals surface area contributed by atoms with Crippen LogP contribution in [0.2, 0.25) is 5.02 Å². The van der Waals surface area contributed by atoms with Crippen molar-refractivity contribution in [2.24, 2.45) is 11.8 Å². The van der Waals surface area contributed by atoms with Crippen LogP contribution >= 0.6 is 11.6 Å². The van der Waals surface area contributed by atoms with E-state index >= 15 is 0 Å². The van der Waals surface area contributed by atoms with E-state index in [2.05, 4.69) is 21.9 Å². The van der Waals surface area contributed by atoms with Crippen LogP contribution in [0.25, 0.3) is 22.3 Å². The number of nitrogens with zero attached hydrogens (tertiary/aromatic N) is 5. The fourth-order valence-corrected chi connectivity index (χ4v) is 5.20. The van der Waals surface area contributed by atoms with Gasteiger partial charge in [0.25, 0.3) is 0 Å². The summed E-state index contributed by atoms with van der Waals surface area (Å²) in [6, 6.07) is 11.7. The molecule has 35 heavy (non-hydrogen) atoms. The molecule has 1 aliphatic rings. The van der Waals surface area contributed by atoms with E-state index in [0.29, 0.717) is 51.4 Å². The Morgan fingerprint density at radius 3 is 2.66 bits per heavy atom. The number of hydrogen-bond donors (Lipinski definition) is 1. The van der Waals surface area contributed by atoms with Crippen LogP contribution in [0.4, 0.5) is 4.39 Å². The second-order valence-electron chi connectivity index (χ2n) is 9.36. The monoisotopic (exact) mass is 489 g/mol. The lowest BCUT2D eigenvalue weighted by Gasteiger charge is -2.28. The number of aromatic nitrogens is 4. The zero-order valence-electron chi connectivity index (χ0n) is 19.3. The minimum atomic E-state index is -1.20. The molecule has 178 valence electrons. The summed E-state index contributed by atoms with van der Waals surface area (Å²) >= 11 is 6.22. The maximum Gasteiger partial charge on any atom is 0.233 e. The van der Waals surface area contributed by atoms with Gasteiger partial charge >= 0.3 is 0 Å². The van der Waals surface area contributed by atoms with Crippen LogP contribution < -0.4 is 0 Å². The van der Waals surface area contributed by atoms with Gasteiger partial charge in [0.1, 0.15) is 23.7 Å². The number of hydrogen-bond acceptors (Lipinski definition) is 5. The molecule has 5 rings (SSSR count). The molecule has 6 nitrogen and oxygen atoms in total. The van der Waals surface area contributed by atoms with Gasteiger partial charge in [0.15, 0.2) is 0 Å². The molecule has 0 saturated heterocycles. The van der Waals surface area contributed by atoms with Gasteiger partial charge in [-0.3, -0.25) is 4.98 Å². The Morgan fingerprint density at radius 2 is 1.94 bits per heavy atom. The van der Waals surface area contributed by atoms with Crippen molar-refractivity contribution in [3.63, 3.8) is 0 Å². The summed E-state index contributed by atoms with van der Waals surface area (Å²) in [5.41, 5.74) is 3.05. The second-order valence-corrected chi connectivity index (χ2v) is 9.80. The minimum absolute atomic E-state index is 0.00282. The molecule has 1 N–H and O–H groups in total. The first kappa shape index (κ1) is 23.4. The highest BCUT2D eigenvalue weighted by atomic mass is 35.5. The van der Waals surface area contributed by atoms with E-state index in [1.54, 1.807) is 36.5 Å². The number of pyridine rings is 1. The Kier molecular flexibility index (Phi) is 6.50. The first-order valence-corrected chi connectivity index (χ1v) is 12.2. The fraction of sp³-hybridized carbons (Fsp3) is 0.333. The van der Waals surface area contributed by atoms with E-state index in [4.69, 9.17) is 11.6 Å². The van der Waals surface area contributed by atoms with Crippen molar-refractivity contribution in [1.29, 1.82) is 5.26 Å². The number of aliphatic hydroxyl groups is 1. The summed E-state index contributed by atoms with van der Waals surface area (Å²) in [5, 5.41) is 21.4. The summed E-state index contributed by atoms with van der Waals surface area (Å²) in [5.74, 6) is 0.620. The highest BCUT2D eigenvalue weighted by Crippen LogP contribution is 2.37. The zero-order chi connectivity index (χ0) is 24.5. The van der Waals surface area contributed by atoms with Crippen molar-refractivity contribution in [2.75, 3.05) is 0 Å². The molecule has 1 atom stereocenters. The Bertz CT molecular complexity index is 1420. The quantitative estimate of drug-likeness (QED) is 0.368.